The summed E-state index contributed by atoms with van der Waals surface area (Å²) < 4.78 is 8.26. The van der Waals surface area contributed by atoms with Crippen LogP contribution in [0.4, 0.5) is 0 Å². The Morgan fingerprint density at radius 1 is 1.30 bits per heavy atom. The molecule has 0 bridgehead atoms. The van der Waals surface area contributed by atoms with Crippen LogP contribution in [-0.2, 0) is 6.54 Å². The summed E-state index contributed by atoms with van der Waals surface area (Å²) in [6, 6.07) is 9.86. The van der Waals surface area contributed by atoms with Gasteiger partial charge in [-0.1, -0.05) is 30.0 Å². The van der Waals surface area contributed by atoms with Gasteiger partial charge in [0.25, 0.3) is 5.56 Å². The number of aryl methyl sites for hydroxylation is 1. The number of aromatic nitrogens is 2. The Bertz CT molecular complexity index is 870. The third kappa shape index (κ3) is 3.43. The Hall–Kier alpha value is -1.79. The summed E-state index contributed by atoms with van der Waals surface area (Å²) in [5, 5.41) is 2.67. The van der Waals surface area contributed by atoms with Crippen molar-refractivity contribution in [3.8, 4) is 5.75 Å². The second kappa shape index (κ2) is 7.19. The summed E-state index contributed by atoms with van der Waals surface area (Å²) in [7, 11) is 0. The standard InChI is InChI=1S/C17H18N2O2S2/c1-3-19-16(20)15-13(8-10-22-15)18-17(19)23-11-9-21-14-7-5-4-6-12(14)2/h4-8,10H,3,9,11H2,1-2H3. The third-order valence-electron chi connectivity index (χ3n) is 3.51. The summed E-state index contributed by atoms with van der Waals surface area (Å²) in [4.78, 5) is 17.0. The van der Waals surface area contributed by atoms with Crippen LogP contribution in [0.15, 0.2) is 45.7 Å². The molecule has 2 aromatic heterocycles. The van der Waals surface area contributed by atoms with E-state index in [-0.39, 0.29) is 5.56 Å². The van der Waals surface area contributed by atoms with Crippen LogP contribution < -0.4 is 10.3 Å². The Balaban J connectivity index is 1.70. The highest BCUT2D eigenvalue weighted by Gasteiger charge is 2.11. The van der Waals surface area contributed by atoms with Crippen molar-refractivity contribution in [1.82, 2.24) is 9.55 Å². The summed E-state index contributed by atoms with van der Waals surface area (Å²) in [5.41, 5.74) is 1.96. The maximum atomic E-state index is 12.4. The third-order valence-corrected chi connectivity index (χ3v) is 5.35. The Labute approximate surface area is 143 Å². The minimum atomic E-state index is 0.0508. The van der Waals surface area contributed by atoms with Gasteiger partial charge in [-0.2, -0.15) is 0 Å². The molecule has 23 heavy (non-hydrogen) atoms. The fourth-order valence-corrected chi connectivity index (χ4v) is 3.97. The van der Waals surface area contributed by atoms with Crippen molar-refractivity contribution in [2.24, 2.45) is 0 Å². The number of thiophene rings is 1. The van der Waals surface area contributed by atoms with Gasteiger partial charge in [-0.25, -0.2) is 4.98 Å². The lowest BCUT2D eigenvalue weighted by Gasteiger charge is -2.11. The molecule has 0 saturated heterocycles. The van der Waals surface area contributed by atoms with E-state index in [0.717, 1.165) is 32.4 Å². The molecule has 0 fully saturated rings. The highest BCUT2D eigenvalue weighted by molar-refractivity contribution is 7.99. The molecule has 0 aliphatic rings. The van der Waals surface area contributed by atoms with E-state index in [4.69, 9.17) is 4.74 Å². The molecule has 0 aliphatic carbocycles. The SMILES string of the molecule is CCn1c(SCCOc2ccccc2C)nc2ccsc2c1=O. The minimum Gasteiger partial charge on any atom is -0.492 e. The van der Waals surface area contributed by atoms with Crippen LogP contribution in [0.25, 0.3) is 10.2 Å². The van der Waals surface area contributed by atoms with Crippen LogP contribution in [0.1, 0.15) is 12.5 Å². The minimum absolute atomic E-state index is 0.0508. The van der Waals surface area contributed by atoms with E-state index in [1.165, 1.54) is 11.3 Å². The van der Waals surface area contributed by atoms with Crippen molar-refractivity contribution in [1.29, 1.82) is 0 Å². The molecule has 0 amide bonds. The molecule has 0 N–H and O–H groups in total. The molecule has 4 nitrogen and oxygen atoms in total. The van der Waals surface area contributed by atoms with Gasteiger partial charge in [-0.15, -0.1) is 11.3 Å². The van der Waals surface area contributed by atoms with Gasteiger partial charge in [-0.05, 0) is 36.9 Å². The predicted octanol–water partition coefficient (Wildman–Crippen LogP) is 3.96. The first-order valence-corrected chi connectivity index (χ1v) is 9.36. The largest absolute Gasteiger partial charge is 0.492 e. The highest BCUT2D eigenvalue weighted by atomic mass is 32.2. The lowest BCUT2D eigenvalue weighted by Crippen LogP contribution is -2.21. The van der Waals surface area contributed by atoms with Gasteiger partial charge >= 0.3 is 0 Å². The summed E-state index contributed by atoms with van der Waals surface area (Å²) in [6.07, 6.45) is 0. The van der Waals surface area contributed by atoms with E-state index in [0.29, 0.717) is 13.2 Å². The molecule has 0 unspecified atom stereocenters. The van der Waals surface area contributed by atoms with Crippen LogP contribution in [-0.4, -0.2) is 21.9 Å². The number of fused-ring (bicyclic) bond motifs is 1. The van der Waals surface area contributed by atoms with Gasteiger partial charge < -0.3 is 4.74 Å². The van der Waals surface area contributed by atoms with E-state index in [9.17, 15) is 4.79 Å². The van der Waals surface area contributed by atoms with Crippen molar-refractivity contribution >= 4 is 33.3 Å². The second-order valence-corrected chi connectivity index (χ2v) is 7.02. The van der Waals surface area contributed by atoms with Crippen molar-refractivity contribution in [3.63, 3.8) is 0 Å². The molecular formula is C17H18N2O2S2. The molecule has 0 atom stereocenters. The summed E-state index contributed by atoms with van der Waals surface area (Å²) in [6.45, 7) is 5.21. The lowest BCUT2D eigenvalue weighted by molar-refractivity contribution is 0.341. The topological polar surface area (TPSA) is 44.1 Å². The molecule has 120 valence electrons. The number of hydrogen-bond donors (Lipinski definition) is 0. The number of rotatable bonds is 6. The van der Waals surface area contributed by atoms with Gasteiger partial charge in [0.2, 0.25) is 0 Å². The van der Waals surface area contributed by atoms with Crippen LogP contribution in [0, 0.1) is 6.92 Å². The van der Waals surface area contributed by atoms with Gasteiger partial charge in [-0.3, -0.25) is 9.36 Å². The fraction of sp³-hybridized carbons (Fsp3) is 0.294. The van der Waals surface area contributed by atoms with Gasteiger partial charge in [0.15, 0.2) is 5.16 Å². The smallest absolute Gasteiger partial charge is 0.272 e. The molecule has 0 spiro atoms. The van der Waals surface area contributed by atoms with Crippen molar-refractivity contribution < 1.29 is 4.74 Å². The summed E-state index contributed by atoms with van der Waals surface area (Å²) >= 11 is 3.01. The Morgan fingerprint density at radius 2 is 2.13 bits per heavy atom. The van der Waals surface area contributed by atoms with Crippen molar-refractivity contribution in [3.05, 3.63) is 51.6 Å². The molecule has 2 heterocycles. The van der Waals surface area contributed by atoms with E-state index in [1.54, 1.807) is 16.3 Å². The zero-order valence-electron chi connectivity index (χ0n) is 13.1. The summed E-state index contributed by atoms with van der Waals surface area (Å²) in [5.74, 6) is 1.65. The number of nitrogens with zero attached hydrogens (tertiary/aromatic N) is 2. The second-order valence-electron chi connectivity index (χ2n) is 5.04. The number of benzene rings is 1. The molecule has 0 radical (unpaired) electrons. The van der Waals surface area contributed by atoms with E-state index < -0.39 is 0 Å². The Morgan fingerprint density at radius 3 is 2.91 bits per heavy atom. The number of para-hydroxylation sites is 1. The van der Waals surface area contributed by atoms with Crippen molar-refractivity contribution in [2.75, 3.05) is 12.4 Å². The molecule has 0 saturated carbocycles. The van der Waals surface area contributed by atoms with E-state index in [2.05, 4.69) is 4.98 Å². The average Bonchev–Trinajstić information content (AvgIpc) is 3.02. The molecule has 3 aromatic rings. The van der Waals surface area contributed by atoms with Crippen LogP contribution in [0.2, 0.25) is 0 Å². The zero-order chi connectivity index (χ0) is 16.2. The number of ether oxygens (including phenoxy) is 1. The zero-order valence-corrected chi connectivity index (χ0v) is 14.7. The average molecular weight is 346 g/mol. The monoisotopic (exact) mass is 346 g/mol. The highest BCUT2D eigenvalue weighted by Crippen LogP contribution is 2.21. The molecule has 1 aromatic carbocycles. The maximum absolute atomic E-state index is 12.4. The maximum Gasteiger partial charge on any atom is 0.272 e. The molecular weight excluding hydrogens is 328 g/mol. The lowest BCUT2D eigenvalue weighted by atomic mass is 10.2. The first kappa shape index (κ1) is 16.1. The van der Waals surface area contributed by atoms with E-state index >= 15 is 0 Å². The van der Waals surface area contributed by atoms with E-state index in [1.807, 2.05) is 49.6 Å². The van der Waals surface area contributed by atoms with Gasteiger partial charge in [0.05, 0.1) is 12.1 Å². The first-order chi connectivity index (χ1) is 11.2. The van der Waals surface area contributed by atoms with Gasteiger partial charge in [0.1, 0.15) is 10.4 Å². The Kier molecular flexibility index (Phi) is 5.03. The molecule has 6 heteroatoms. The number of hydrogen-bond acceptors (Lipinski definition) is 5. The van der Waals surface area contributed by atoms with Crippen LogP contribution in [0.5, 0.6) is 5.75 Å². The van der Waals surface area contributed by atoms with Crippen LogP contribution in [0.3, 0.4) is 0 Å². The molecule has 0 aliphatic heterocycles. The normalized spacial score (nSPS) is 11.0. The van der Waals surface area contributed by atoms with Gasteiger partial charge in [0, 0.05) is 12.3 Å². The quantitative estimate of drug-likeness (QED) is 0.385. The van der Waals surface area contributed by atoms with Crippen molar-refractivity contribution in [2.45, 2.75) is 25.5 Å². The van der Waals surface area contributed by atoms with Crippen LogP contribution >= 0.6 is 23.1 Å². The fourth-order valence-electron chi connectivity index (χ4n) is 2.32. The predicted molar refractivity (Wildman–Crippen MR) is 97.0 cm³/mol. The molecule has 3 rings (SSSR count). The number of thioether (sulfide) groups is 1. The first-order valence-electron chi connectivity index (χ1n) is 7.50.